The lowest BCUT2D eigenvalue weighted by Gasteiger charge is -2.16. The summed E-state index contributed by atoms with van der Waals surface area (Å²) in [6, 6.07) is 10.4. The molecule has 22 heavy (non-hydrogen) atoms. The minimum Gasteiger partial charge on any atom is -0.351 e. The molecule has 1 aliphatic carbocycles. The number of nitrogens with one attached hydrogen (secondary N) is 2. The first-order chi connectivity index (χ1) is 10.8. The maximum absolute atomic E-state index is 4.57. The first kappa shape index (κ1) is 15.3. The Hall–Kier alpha value is -1.62. The molecule has 116 valence electrons. The molecule has 1 aromatic heterocycles. The van der Waals surface area contributed by atoms with Crippen LogP contribution in [0, 0.1) is 0 Å². The standard InChI is InChI=1S/C17H21BrN4/c18-13-7-9-15(10-8-13)20-16-11-12-19-17(22-16)21-14-5-3-1-2-4-6-14/h7-12,14H,1-6H2,(H2,19,20,21,22). The minimum atomic E-state index is 0.505. The average Bonchev–Trinajstić information content (AvgIpc) is 2.79. The van der Waals surface area contributed by atoms with E-state index in [4.69, 9.17) is 0 Å². The lowest BCUT2D eigenvalue weighted by atomic mass is 10.1. The van der Waals surface area contributed by atoms with Gasteiger partial charge in [-0.05, 0) is 43.2 Å². The highest BCUT2D eigenvalue weighted by molar-refractivity contribution is 9.10. The molecule has 2 N–H and O–H groups in total. The van der Waals surface area contributed by atoms with Crippen molar-refractivity contribution in [1.29, 1.82) is 0 Å². The molecule has 5 heteroatoms. The molecular weight excluding hydrogens is 340 g/mol. The van der Waals surface area contributed by atoms with Crippen molar-refractivity contribution in [3.8, 4) is 0 Å². The Bertz CT molecular complexity index is 592. The van der Waals surface area contributed by atoms with Gasteiger partial charge in [0.1, 0.15) is 5.82 Å². The van der Waals surface area contributed by atoms with Crippen molar-refractivity contribution in [1.82, 2.24) is 9.97 Å². The molecule has 0 aliphatic heterocycles. The summed E-state index contributed by atoms with van der Waals surface area (Å²) in [7, 11) is 0. The summed E-state index contributed by atoms with van der Waals surface area (Å²) < 4.78 is 1.07. The fourth-order valence-electron chi connectivity index (χ4n) is 2.79. The van der Waals surface area contributed by atoms with Crippen LogP contribution in [0.15, 0.2) is 41.0 Å². The van der Waals surface area contributed by atoms with Crippen molar-refractivity contribution in [2.24, 2.45) is 0 Å². The van der Waals surface area contributed by atoms with Crippen LogP contribution in [0.3, 0.4) is 0 Å². The van der Waals surface area contributed by atoms with E-state index in [0.29, 0.717) is 12.0 Å². The summed E-state index contributed by atoms with van der Waals surface area (Å²) >= 11 is 3.44. The molecule has 0 unspecified atom stereocenters. The number of rotatable bonds is 4. The zero-order chi connectivity index (χ0) is 15.2. The van der Waals surface area contributed by atoms with Gasteiger partial charge in [-0.3, -0.25) is 0 Å². The zero-order valence-electron chi connectivity index (χ0n) is 12.6. The first-order valence-corrected chi connectivity index (χ1v) is 8.71. The third-order valence-corrected chi connectivity index (χ3v) is 4.49. The van der Waals surface area contributed by atoms with E-state index in [1.165, 1.54) is 38.5 Å². The van der Waals surface area contributed by atoms with Gasteiger partial charge in [0.2, 0.25) is 5.95 Å². The van der Waals surface area contributed by atoms with Gasteiger partial charge in [0.15, 0.2) is 0 Å². The van der Waals surface area contributed by atoms with Gasteiger partial charge >= 0.3 is 0 Å². The second kappa shape index (κ2) is 7.58. The summed E-state index contributed by atoms with van der Waals surface area (Å²) in [5.74, 6) is 1.53. The number of aromatic nitrogens is 2. The largest absolute Gasteiger partial charge is 0.351 e. The van der Waals surface area contributed by atoms with Gasteiger partial charge in [-0.2, -0.15) is 4.98 Å². The summed E-state index contributed by atoms with van der Waals surface area (Å²) in [6.07, 6.45) is 9.53. The lowest BCUT2D eigenvalue weighted by molar-refractivity contribution is 0.615. The van der Waals surface area contributed by atoms with Crippen LogP contribution >= 0.6 is 15.9 Å². The number of hydrogen-bond donors (Lipinski definition) is 2. The van der Waals surface area contributed by atoms with Gasteiger partial charge in [-0.15, -0.1) is 0 Å². The van der Waals surface area contributed by atoms with E-state index in [1.807, 2.05) is 30.3 Å². The first-order valence-electron chi connectivity index (χ1n) is 7.92. The molecule has 1 heterocycles. The smallest absolute Gasteiger partial charge is 0.224 e. The molecular formula is C17H21BrN4. The molecule has 0 amide bonds. The molecule has 0 radical (unpaired) electrons. The molecule has 0 bridgehead atoms. The highest BCUT2D eigenvalue weighted by Crippen LogP contribution is 2.21. The Kier molecular flexibility index (Phi) is 5.27. The van der Waals surface area contributed by atoms with Crippen molar-refractivity contribution in [2.75, 3.05) is 10.6 Å². The molecule has 1 aliphatic rings. The summed E-state index contributed by atoms with van der Waals surface area (Å²) in [4.78, 5) is 8.92. The van der Waals surface area contributed by atoms with Crippen LogP contribution in [-0.4, -0.2) is 16.0 Å². The molecule has 1 saturated carbocycles. The van der Waals surface area contributed by atoms with E-state index >= 15 is 0 Å². The number of anilines is 3. The van der Waals surface area contributed by atoms with Gasteiger partial charge in [-0.25, -0.2) is 4.98 Å². The third-order valence-electron chi connectivity index (χ3n) is 3.96. The highest BCUT2D eigenvalue weighted by Gasteiger charge is 2.13. The van der Waals surface area contributed by atoms with Crippen LogP contribution in [-0.2, 0) is 0 Å². The van der Waals surface area contributed by atoms with E-state index in [-0.39, 0.29) is 0 Å². The minimum absolute atomic E-state index is 0.505. The SMILES string of the molecule is Brc1ccc(Nc2ccnc(NC3CCCCCC3)n2)cc1. The fraction of sp³-hybridized carbons (Fsp3) is 0.412. The van der Waals surface area contributed by atoms with Crippen molar-refractivity contribution in [3.63, 3.8) is 0 Å². The number of benzene rings is 1. The van der Waals surface area contributed by atoms with Crippen LogP contribution in [0.25, 0.3) is 0 Å². The maximum Gasteiger partial charge on any atom is 0.224 e. The number of halogens is 1. The van der Waals surface area contributed by atoms with Crippen LogP contribution in [0.1, 0.15) is 38.5 Å². The zero-order valence-corrected chi connectivity index (χ0v) is 14.1. The molecule has 0 saturated heterocycles. The van der Waals surface area contributed by atoms with E-state index in [1.54, 1.807) is 6.20 Å². The van der Waals surface area contributed by atoms with Crippen LogP contribution in [0.2, 0.25) is 0 Å². The van der Waals surface area contributed by atoms with Crippen LogP contribution in [0.5, 0.6) is 0 Å². The Morgan fingerprint density at radius 2 is 1.68 bits per heavy atom. The summed E-state index contributed by atoms with van der Waals surface area (Å²) in [5, 5.41) is 6.80. The van der Waals surface area contributed by atoms with Gasteiger partial charge in [0, 0.05) is 22.4 Å². The normalized spacial score (nSPS) is 16.0. The molecule has 0 spiro atoms. The second-order valence-corrected chi connectivity index (χ2v) is 6.65. The van der Waals surface area contributed by atoms with Crippen LogP contribution in [0.4, 0.5) is 17.5 Å². The Morgan fingerprint density at radius 1 is 0.955 bits per heavy atom. The van der Waals surface area contributed by atoms with Gasteiger partial charge in [-0.1, -0.05) is 41.6 Å². The van der Waals surface area contributed by atoms with Gasteiger partial charge in [0.25, 0.3) is 0 Å². The number of hydrogen-bond acceptors (Lipinski definition) is 4. The fourth-order valence-corrected chi connectivity index (χ4v) is 3.05. The highest BCUT2D eigenvalue weighted by atomic mass is 79.9. The summed E-state index contributed by atoms with van der Waals surface area (Å²) in [6.45, 7) is 0. The lowest BCUT2D eigenvalue weighted by Crippen LogP contribution is -2.20. The molecule has 4 nitrogen and oxygen atoms in total. The van der Waals surface area contributed by atoms with Gasteiger partial charge < -0.3 is 10.6 Å². The Labute approximate surface area is 139 Å². The Balaban J connectivity index is 1.65. The molecule has 1 aromatic carbocycles. The molecule has 3 rings (SSSR count). The van der Waals surface area contributed by atoms with E-state index < -0.39 is 0 Å². The summed E-state index contributed by atoms with van der Waals surface area (Å²) in [5.41, 5.74) is 1.02. The second-order valence-electron chi connectivity index (χ2n) is 5.73. The topological polar surface area (TPSA) is 49.8 Å². The third kappa shape index (κ3) is 4.44. The molecule has 2 aromatic rings. The number of nitrogens with zero attached hydrogens (tertiary/aromatic N) is 2. The van der Waals surface area contributed by atoms with E-state index in [2.05, 4.69) is 36.5 Å². The maximum atomic E-state index is 4.57. The predicted octanol–water partition coefficient (Wildman–Crippen LogP) is 5.12. The van der Waals surface area contributed by atoms with Crippen LogP contribution < -0.4 is 10.6 Å². The average molecular weight is 361 g/mol. The monoisotopic (exact) mass is 360 g/mol. The quantitative estimate of drug-likeness (QED) is 0.743. The molecule has 0 atom stereocenters. The van der Waals surface area contributed by atoms with E-state index in [9.17, 15) is 0 Å². The van der Waals surface area contributed by atoms with Crippen molar-refractivity contribution < 1.29 is 0 Å². The van der Waals surface area contributed by atoms with E-state index in [0.717, 1.165) is 16.0 Å². The predicted molar refractivity (Wildman–Crippen MR) is 94.6 cm³/mol. The van der Waals surface area contributed by atoms with Crippen molar-refractivity contribution in [2.45, 2.75) is 44.6 Å². The van der Waals surface area contributed by atoms with Crippen molar-refractivity contribution >= 4 is 33.4 Å². The Morgan fingerprint density at radius 3 is 2.41 bits per heavy atom. The van der Waals surface area contributed by atoms with Gasteiger partial charge in [0.05, 0.1) is 0 Å². The molecule has 1 fully saturated rings. The van der Waals surface area contributed by atoms with Crippen molar-refractivity contribution in [3.05, 3.63) is 41.0 Å².